The summed E-state index contributed by atoms with van der Waals surface area (Å²) in [5, 5.41) is 8.82. The molecule has 2 rings (SSSR count). The highest BCUT2D eigenvalue weighted by Crippen LogP contribution is 2.29. The van der Waals surface area contributed by atoms with Gasteiger partial charge in [0.2, 0.25) is 5.91 Å². The SMILES string of the molecule is NC(=O)C1CCCN1C(=O)N(CC(=O)O)C1CC1. The smallest absolute Gasteiger partial charge is 0.323 e. The van der Waals surface area contributed by atoms with Gasteiger partial charge >= 0.3 is 12.0 Å². The maximum absolute atomic E-state index is 12.3. The maximum Gasteiger partial charge on any atom is 0.323 e. The summed E-state index contributed by atoms with van der Waals surface area (Å²) in [6.45, 7) is 0.154. The molecule has 1 unspecified atom stereocenters. The zero-order chi connectivity index (χ0) is 13.3. The third-order valence-corrected chi connectivity index (χ3v) is 3.37. The van der Waals surface area contributed by atoms with E-state index in [-0.39, 0.29) is 18.6 Å². The number of nitrogens with zero attached hydrogens (tertiary/aromatic N) is 2. The van der Waals surface area contributed by atoms with Gasteiger partial charge in [0, 0.05) is 12.6 Å². The van der Waals surface area contributed by atoms with E-state index < -0.39 is 17.9 Å². The summed E-state index contributed by atoms with van der Waals surface area (Å²) >= 11 is 0. The van der Waals surface area contributed by atoms with Gasteiger partial charge in [-0.25, -0.2) is 4.79 Å². The van der Waals surface area contributed by atoms with Gasteiger partial charge in [0.1, 0.15) is 12.6 Å². The highest BCUT2D eigenvalue weighted by atomic mass is 16.4. The Balaban J connectivity index is 2.07. The van der Waals surface area contributed by atoms with E-state index in [1.807, 2.05) is 0 Å². The van der Waals surface area contributed by atoms with Crippen LogP contribution in [0.2, 0.25) is 0 Å². The molecule has 1 atom stereocenters. The van der Waals surface area contributed by atoms with Crippen molar-refractivity contribution in [2.24, 2.45) is 5.73 Å². The molecule has 1 heterocycles. The lowest BCUT2D eigenvalue weighted by Gasteiger charge is -2.29. The fraction of sp³-hybridized carbons (Fsp3) is 0.727. The van der Waals surface area contributed by atoms with E-state index in [0.717, 1.165) is 19.3 Å². The fourth-order valence-corrected chi connectivity index (χ4v) is 2.34. The molecule has 0 aromatic carbocycles. The molecule has 0 radical (unpaired) electrons. The molecule has 18 heavy (non-hydrogen) atoms. The number of hydrogen-bond donors (Lipinski definition) is 2. The molecule has 7 nitrogen and oxygen atoms in total. The van der Waals surface area contributed by atoms with Crippen molar-refractivity contribution in [1.29, 1.82) is 0 Å². The van der Waals surface area contributed by atoms with Crippen LogP contribution in [-0.4, -0.2) is 58.0 Å². The fourth-order valence-electron chi connectivity index (χ4n) is 2.34. The minimum Gasteiger partial charge on any atom is -0.480 e. The average Bonchev–Trinajstić information content (AvgIpc) is 3.00. The monoisotopic (exact) mass is 255 g/mol. The van der Waals surface area contributed by atoms with Crippen molar-refractivity contribution in [3.63, 3.8) is 0 Å². The van der Waals surface area contributed by atoms with Crippen molar-refractivity contribution in [2.75, 3.05) is 13.1 Å². The minimum atomic E-state index is -1.04. The maximum atomic E-state index is 12.3. The highest BCUT2D eigenvalue weighted by Gasteiger charge is 2.40. The molecule has 7 heteroatoms. The van der Waals surface area contributed by atoms with Gasteiger partial charge in [-0.15, -0.1) is 0 Å². The van der Waals surface area contributed by atoms with Gasteiger partial charge in [0.15, 0.2) is 0 Å². The quantitative estimate of drug-likeness (QED) is 0.713. The Kier molecular flexibility index (Phi) is 3.40. The van der Waals surface area contributed by atoms with Gasteiger partial charge in [-0.1, -0.05) is 0 Å². The van der Waals surface area contributed by atoms with Crippen LogP contribution in [0.5, 0.6) is 0 Å². The van der Waals surface area contributed by atoms with Crippen LogP contribution in [-0.2, 0) is 9.59 Å². The zero-order valence-corrected chi connectivity index (χ0v) is 10.0. The summed E-state index contributed by atoms with van der Waals surface area (Å²) < 4.78 is 0. The normalized spacial score (nSPS) is 22.9. The Hall–Kier alpha value is -1.79. The Morgan fingerprint density at radius 3 is 2.44 bits per heavy atom. The molecule has 1 saturated carbocycles. The molecule has 3 N–H and O–H groups in total. The first-order valence-electron chi connectivity index (χ1n) is 6.09. The number of carboxylic acid groups (broad SMARTS) is 1. The predicted molar refractivity (Wildman–Crippen MR) is 61.7 cm³/mol. The van der Waals surface area contributed by atoms with Gasteiger partial charge in [-0.3, -0.25) is 9.59 Å². The molecule has 1 aliphatic carbocycles. The summed E-state index contributed by atoms with van der Waals surface area (Å²) in [6, 6.07) is -0.962. The number of rotatable bonds is 4. The van der Waals surface area contributed by atoms with Crippen molar-refractivity contribution in [2.45, 2.75) is 37.8 Å². The summed E-state index contributed by atoms with van der Waals surface area (Å²) in [5.41, 5.74) is 5.25. The van der Waals surface area contributed by atoms with E-state index in [1.165, 1.54) is 9.80 Å². The molecular formula is C11H17N3O4. The second-order valence-corrected chi connectivity index (χ2v) is 4.79. The van der Waals surface area contributed by atoms with E-state index in [9.17, 15) is 14.4 Å². The Bertz CT molecular complexity index is 376. The second-order valence-electron chi connectivity index (χ2n) is 4.79. The topological polar surface area (TPSA) is 104 Å². The number of urea groups is 1. The van der Waals surface area contributed by atoms with E-state index in [4.69, 9.17) is 10.8 Å². The van der Waals surface area contributed by atoms with Crippen molar-refractivity contribution in [3.05, 3.63) is 0 Å². The van der Waals surface area contributed by atoms with Crippen molar-refractivity contribution < 1.29 is 19.5 Å². The van der Waals surface area contributed by atoms with Crippen molar-refractivity contribution >= 4 is 17.9 Å². The first-order chi connectivity index (χ1) is 8.50. The van der Waals surface area contributed by atoms with E-state index >= 15 is 0 Å². The van der Waals surface area contributed by atoms with Crippen LogP contribution in [0, 0.1) is 0 Å². The number of likely N-dealkylation sites (tertiary alicyclic amines) is 1. The third kappa shape index (κ3) is 2.55. The van der Waals surface area contributed by atoms with Crippen LogP contribution in [0.3, 0.4) is 0 Å². The number of primary amides is 1. The molecule has 100 valence electrons. The molecule has 1 aliphatic heterocycles. The van der Waals surface area contributed by atoms with Crippen LogP contribution >= 0.6 is 0 Å². The van der Waals surface area contributed by atoms with Gasteiger partial charge in [-0.05, 0) is 25.7 Å². The lowest BCUT2D eigenvalue weighted by Crippen LogP contribution is -2.51. The Labute approximate surface area is 105 Å². The predicted octanol–water partition coefficient (Wildman–Crippen LogP) is -0.395. The average molecular weight is 255 g/mol. The van der Waals surface area contributed by atoms with Gasteiger partial charge in [0.05, 0.1) is 0 Å². The van der Waals surface area contributed by atoms with E-state index in [2.05, 4.69) is 0 Å². The second kappa shape index (κ2) is 4.83. The highest BCUT2D eigenvalue weighted by molar-refractivity contribution is 5.88. The lowest BCUT2D eigenvalue weighted by atomic mass is 10.2. The van der Waals surface area contributed by atoms with Crippen LogP contribution < -0.4 is 5.73 Å². The van der Waals surface area contributed by atoms with Crippen molar-refractivity contribution in [1.82, 2.24) is 9.80 Å². The van der Waals surface area contributed by atoms with Crippen LogP contribution in [0.4, 0.5) is 4.79 Å². The number of carboxylic acids is 1. The molecule has 3 amide bonds. The minimum absolute atomic E-state index is 0.00252. The van der Waals surface area contributed by atoms with Gasteiger partial charge in [0.25, 0.3) is 0 Å². The number of carbonyl (C=O) groups is 3. The number of amides is 3. The molecule has 0 bridgehead atoms. The largest absolute Gasteiger partial charge is 0.480 e. The molecule has 0 aromatic rings. The lowest BCUT2D eigenvalue weighted by molar-refractivity contribution is -0.137. The number of aliphatic carboxylic acids is 1. The summed E-state index contributed by atoms with van der Waals surface area (Å²) in [6.07, 6.45) is 2.94. The van der Waals surface area contributed by atoms with E-state index in [1.54, 1.807) is 0 Å². The van der Waals surface area contributed by atoms with Crippen molar-refractivity contribution in [3.8, 4) is 0 Å². The first kappa shape index (κ1) is 12.7. The first-order valence-corrected chi connectivity index (χ1v) is 6.09. The zero-order valence-electron chi connectivity index (χ0n) is 10.0. The third-order valence-electron chi connectivity index (χ3n) is 3.37. The van der Waals surface area contributed by atoms with Crippen LogP contribution in [0.1, 0.15) is 25.7 Å². The van der Waals surface area contributed by atoms with Gasteiger partial charge < -0.3 is 20.6 Å². The Morgan fingerprint density at radius 1 is 1.28 bits per heavy atom. The van der Waals surface area contributed by atoms with Crippen LogP contribution in [0.15, 0.2) is 0 Å². The van der Waals surface area contributed by atoms with Crippen LogP contribution in [0.25, 0.3) is 0 Å². The molecule has 2 aliphatic rings. The standard InChI is InChI=1S/C11H17N3O4/c12-10(17)8-2-1-5-13(8)11(18)14(6-9(15)16)7-3-4-7/h7-8H,1-6H2,(H2,12,17)(H,15,16). The molecular weight excluding hydrogens is 238 g/mol. The molecule has 2 fully saturated rings. The van der Waals surface area contributed by atoms with Gasteiger partial charge in [-0.2, -0.15) is 0 Å². The molecule has 0 spiro atoms. The number of nitrogens with two attached hydrogens (primary N) is 1. The number of hydrogen-bond acceptors (Lipinski definition) is 3. The van der Waals surface area contributed by atoms with E-state index in [0.29, 0.717) is 13.0 Å². The molecule has 0 aromatic heterocycles. The number of carbonyl (C=O) groups excluding carboxylic acids is 2. The summed E-state index contributed by atoms with van der Waals surface area (Å²) in [7, 11) is 0. The molecule has 1 saturated heterocycles. The summed E-state index contributed by atoms with van der Waals surface area (Å²) in [5.74, 6) is -1.56. The Morgan fingerprint density at radius 2 is 1.94 bits per heavy atom. The summed E-state index contributed by atoms with van der Waals surface area (Å²) in [4.78, 5) is 37.0.